The number of rotatable bonds is 4. The first-order valence-corrected chi connectivity index (χ1v) is 12.4. The summed E-state index contributed by atoms with van der Waals surface area (Å²) in [6, 6.07) is 4.41. The summed E-state index contributed by atoms with van der Waals surface area (Å²) in [5, 5.41) is 2.86. The molecule has 1 spiro atoms. The number of amides is 4. The third kappa shape index (κ3) is 3.71. The van der Waals surface area contributed by atoms with E-state index >= 15 is 0 Å². The summed E-state index contributed by atoms with van der Waals surface area (Å²) in [4.78, 5) is 41.2. The summed E-state index contributed by atoms with van der Waals surface area (Å²) >= 11 is 0. The summed E-state index contributed by atoms with van der Waals surface area (Å²) in [6.45, 7) is 0.590. The number of anilines is 1. The van der Waals surface area contributed by atoms with E-state index in [4.69, 9.17) is 0 Å². The fraction of sp³-hybridized carbons (Fsp3) is 0.571. The Morgan fingerprint density at radius 1 is 1.13 bits per heavy atom. The molecule has 0 aromatic heterocycles. The third-order valence-electron chi connectivity index (χ3n) is 6.40. The maximum Gasteiger partial charge on any atom is 0.325 e. The predicted octanol–water partition coefficient (Wildman–Crippen LogP) is 2.01. The second-order valence-electron chi connectivity index (χ2n) is 8.49. The van der Waals surface area contributed by atoms with Crippen molar-refractivity contribution in [2.75, 3.05) is 24.2 Å². The highest BCUT2D eigenvalue weighted by molar-refractivity contribution is 7.90. The van der Waals surface area contributed by atoms with Crippen LogP contribution in [0, 0.1) is 0 Å². The van der Waals surface area contributed by atoms with Gasteiger partial charge < -0.3 is 10.2 Å². The summed E-state index contributed by atoms with van der Waals surface area (Å²) in [7, 11) is -3.31. The Morgan fingerprint density at radius 2 is 1.87 bits per heavy atom. The number of nitrogens with one attached hydrogen (secondary N) is 1. The fourth-order valence-electron chi connectivity index (χ4n) is 4.78. The minimum atomic E-state index is -3.31. The highest BCUT2D eigenvalue weighted by Crippen LogP contribution is 2.34. The summed E-state index contributed by atoms with van der Waals surface area (Å²) < 4.78 is 23.6. The average molecular weight is 434 g/mol. The molecule has 1 aliphatic carbocycles. The molecule has 0 radical (unpaired) electrons. The highest BCUT2D eigenvalue weighted by Gasteiger charge is 2.51. The van der Waals surface area contributed by atoms with E-state index in [0.717, 1.165) is 37.5 Å². The SMILES string of the molecule is CS(=O)(=O)c1ccc2c(c1)CCCN2C(=O)CCN1C(=O)NC2(CCCCC2)C1=O. The molecule has 2 fully saturated rings. The Labute approximate surface area is 176 Å². The number of benzene rings is 1. The minimum absolute atomic E-state index is 0.0442. The molecule has 2 heterocycles. The zero-order valence-corrected chi connectivity index (χ0v) is 18.0. The largest absolute Gasteiger partial charge is 0.325 e. The molecule has 8 nitrogen and oxygen atoms in total. The molecule has 1 aromatic carbocycles. The van der Waals surface area contributed by atoms with Crippen LogP contribution in [0.1, 0.15) is 50.5 Å². The van der Waals surface area contributed by atoms with Gasteiger partial charge in [-0.1, -0.05) is 19.3 Å². The van der Waals surface area contributed by atoms with E-state index in [0.29, 0.717) is 31.5 Å². The molecule has 1 N–H and O–H groups in total. The van der Waals surface area contributed by atoms with Crippen molar-refractivity contribution < 1.29 is 22.8 Å². The molecule has 3 aliphatic rings. The quantitative estimate of drug-likeness (QED) is 0.732. The number of aryl methyl sites for hydroxylation is 1. The van der Waals surface area contributed by atoms with Gasteiger partial charge in [-0.3, -0.25) is 14.5 Å². The molecule has 0 unspecified atom stereocenters. The van der Waals surface area contributed by atoms with Gasteiger partial charge in [0.1, 0.15) is 5.54 Å². The van der Waals surface area contributed by atoms with Crippen molar-refractivity contribution >= 4 is 33.4 Å². The van der Waals surface area contributed by atoms with Crippen molar-refractivity contribution in [2.24, 2.45) is 0 Å². The zero-order chi connectivity index (χ0) is 21.5. The van der Waals surface area contributed by atoms with Crippen molar-refractivity contribution in [3.8, 4) is 0 Å². The van der Waals surface area contributed by atoms with E-state index in [1.807, 2.05) is 0 Å². The average Bonchev–Trinajstić information content (AvgIpc) is 2.94. The normalized spacial score (nSPS) is 21.0. The smallest absolute Gasteiger partial charge is 0.323 e. The van der Waals surface area contributed by atoms with E-state index in [9.17, 15) is 22.8 Å². The lowest BCUT2D eigenvalue weighted by atomic mass is 9.82. The Morgan fingerprint density at radius 3 is 2.57 bits per heavy atom. The Bertz CT molecular complexity index is 998. The molecule has 162 valence electrons. The van der Waals surface area contributed by atoms with Crippen LogP contribution in [0.3, 0.4) is 0 Å². The first-order valence-electron chi connectivity index (χ1n) is 10.5. The number of fused-ring (bicyclic) bond motifs is 1. The highest BCUT2D eigenvalue weighted by atomic mass is 32.2. The van der Waals surface area contributed by atoms with Crippen LogP contribution in [-0.2, 0) is 25.8 Å². The molecule has 9 heteroatoms. The van der Waals surface area contributed by atoms with Gasteiger partial charge in [0.15, 0.2) is 9.84 Å². The van der Waals surface area contributed by atoms with Crippen LogP contribution in [0.15, 0.2) is 23.1 Å². The standard InChI is InChI=1S/C21H27N3O5S/c1-30(28,29)16-7-8-17-15(14-16)6-5-12-23(17)18(25)9-13-24-19(26)21(22-20(24)27)10-3-2-4-11-21/h7-8,14H,2-6,9-13H2,1H3,(H,22,27). The number of carbonyl (C=O) groups is 3. The third-order valence-corrected chi connectivity index (χ3v) is 7.51. The summed E-state index contributed by atoms with van der Waals surface area (Å²) in [5.74, 6) is -0.384. The molecule has 1 saturated heterocycles. The zero-order valence-electron chi connectivity index (χ0n) is 17.1. The molecule has 1 saturated carbocycles. The number of sulfone groups is 1. The number of urea groups is 1. The number of nitrogens with zero attached hydrogens (tertiary/aromatic N) is 2. The second kappa shape index (κ2) is 7.68. The summed E-state index contributed by atoms with van der Waals surface area (Å²) in [5.41, 5.74) is 0.756. The van der Waals surface area contributed by atoms with Crippen LogP contribution >= 0.6 is 0 Å². The Hall–Kier alpha value is -2.42. The van der Waals surface area contributed by atoms with Crippen LogP contribution < -0.4 is 10.2 Å². The van der Waals surface area contributed by atoms with Crippen LogP contribution in [0.2, 0.25) is 0 Å². The topological polar surface area (TPSA) is 104 Å². The summed E-state index contributed by atoms with van der Waals surface area (Å²) in [6.07, 6.45) is 6.86. The van der Waals surface area contributed by atoms with E-state index < -0.39 is 21.4 Å². The Kier molecular flexibility index (Phi) is 5.34. The lowest BCUT2D eigenvalue weighted by molar-refractivity contribution is -0.132. The van der Waals surface area contributed by atoms with Crippen LogP contribution in [0.25, 0.3) is 0 Å². The monoisotopic (exact) mass is 433 g/mol. The van der Waals surface area contributed by atoms with Crippen LogP contribution in [0.4, 0.5) is 10.5 Å². The van der Waals surface area contributed by atoms with Gasteiger partial charge in [0.25, 0.3) is 5.91 Å². The molecule has 30 heavy (non-hydrogen) atoms. The molecule has 4 rings (SSSR count). The molecule has 4 amide bonds. The van der Waals surface area contributed by atoms with Crippen molar-refractivity contribution in [3.63, 3.8) is 0 Å². The van der Waals surface area contributed by atoms with Gasteiger partial charge >= 0.3 is 6.03 Å². The predicted molar refractivity (Wildman–Crippen MR) is 111 cm³/mol. The molecule has 1 aromatic rings. The number of imide groups is 1. The van der Waals surface area contributed by atoms with Crippen LogP contribution in [0.5, 0.6) is 0 Å². The van der Waals surface area contributed by atoms with Gasteiger partial charge in [-0.05, 0) is 49.4 Å². The van der Waals surface area contributed by atoms with E-state index in [2.05, 4.69) is 5.32 Å². The number of hydrogen-bond acceptors (Lipinski definition) is 5. The molecule has 0 bridgehead atoms. The lowest BCUT2D eigenvalue weighted by Crippen LogP contribution is -2.48. The van der Waals surface area contributed by atoms with Gasteiger partial charge in [-0.25, -0.2) is 13.2 Å². The first-order chi connectivity index (χ1) is 14.2. The lowest BCUT2D eigenvalue weighted by Gasteiger charge is -2.31. The minimum Gasteiger partial charge on any atom is -0.323 e. The van der Waals surface area contributed by atoms with Gasteiger partial charge in [-0.2, -0.15) is 0 Å². The number of hydrogen-bond donors (Lipinski definition) is 1. The van der Waals surface area contributed by atoms with Gasteiger partial charge in [0.05, 0.1) is 4.90 Å². The maximum absolute atomic E-state index is 12.9. The van der Waals surface area contributed by atoms with Crippen LogP contribution in [-0.4, -0.2) is 56.0 Å². The van der Waals surface area contributed by atoms with Gasteiger partial charge in [-0.15, -0.1) is 0 Å². The van der Waals surface area contributed by atoms with E-state index in [-0.39, 0.29) is 29.7 Å². The molecule has 0 atom stereocenters. The second-order valence-corrected chi connectivity index (χ2v) is 10.5. The van der Waals surface area contributed by atoms with E-state index in [1.165, 1.54) is 11.0 Å². The molecular weight excluding hydrogens is 406 g/mol. The fourth-order valence-corrected chi connectivity index (χ4v) is 5.45. The van der Waals surface area contributed by atoms with Crippen molar-refractivity contribution in [2.45, 2.75) is 61.8 Å². The number of carbonyl (C=O) groups excluding carboxylic acids is 3. The van der Waals surface area contributed by atoms with E-state index in [1.54, 1.807) is 17.0 Å². The molecule has 2 aliphatic heterocycles. The molecular formula is C21H27N3O5S. The van der Waals surface area contributed by atoms with Crippen molar-refractivity contribution in [1.29, 1.82) is 0 Å². The maximum atomic E-state index is 12.9. The van der Waals surface area contributed by atoms with Crippen molar-refractivity contribution in [3.05, 3.63) is 23.8 Å². The van der Waals surface area contributed by atoms with Gasteiger partial charge in [0, 0.05) is 31.5 Å². The van der Waals surface area contributed by atoms with Crippen molar-refractivity contribution in [1.82, 2.24) is 10.2 Å². The first kappa shape index (κ1) is 20.8. The Balaban J connectivity index is 1.45. The van der Waals surface area contributed by atoms with Gasteiger partial charge in [0.2, 0.25) is 5.91 Å².